The van der Waals surface area contributed by atoms with Gasteiger partial charge in [-0.2, -0.15) is 0 Å². The molecule has 0 saturated heterocycles. The van der Waals surface area contributed by atoms with Crippen molar-refractivity contribution in [3.63, 3.8) is 0 Å². The highest BCUT2D eigenvalue weighted by Crippen LogP contribution is 2.31. The summed E-state index contributed by atoms with van der Waals surface area (Å²) in [7, 11) is 0. The zero-order chi connectivity index (χ0) is 13.1. The molecule has 0 aromatic carbocycles. The predicted molar refractivity (Wildman–Crippen MR) is 70.1 cm³/mol. The summed E-state index contributed by atoms with van der Waals surface area (Å²) in [4.78, 5) is 23.3. The minimum atomic E-state index is -0.758. The number of rotatable bonds is 4. The first-order valence-corrected chi connectivity index (χ1v) is 7.03. The quantitative estimate of drug-likeness (QED) is 0.894. The first-order chi connectivity index (χ1) is 8.58. The van der Waals surface area contributed by atoms with Crippen molar-refractivity contribution in [1.82, 2.24) is 5.32 Å². The molecule has 2 atom stereocenters. The maximum absolute atomic E-state index is 11.8. The highest BCUT2D eigenvalue weighted by atomic mass is 35.5. The van der Waals surface area contributed by atoms with Gasteiger partial charge in [0, 0.05) is 6.54 Å². The first kappa shape index (κ1) is 13.4. The van der Waals surface area contributed by atoms with E-state index in [9.17, 15) is 9.59 Å². The number of hydrogen-bond donors (Lipinski definition) is 2. The largest absolute Gasteiger partial charge is 0.481 e. The number of hydrogen-bond acceptors (Lipinski definition) is 3. The third-order valence-corrected chi connectivity index (χ3v) is 4.53. The van der Waals surface area contributed by atoms with E-state index in [-0.39, 0.29) is 17.7 Å². The average molecular weight is 288 g/mol. The zero-order valence-corrected chi connectivity index (χ0v) is 11.3. The van der Waals surface area contributed by atoms with Crippen LogP contribution in [0.3, 0.4) is 0 Å². The molecular weight excluding hydrogens is 274 g/mol. The molecular formula is C12H14ClNO3S. The van der Waals surface area contributed by atoms with Crippen LogP contribution in [0.2, 0.25) is 4.34 Å². The molecule has 1 aliphatic rings. The Labute approximate surface area is 114 Å². The molecule has 4 nitrogen and oxygen atoms in total. The molecule has 1 fully saturated rings. The third kappa shape index (κ3) is 3.03. The molecule has 1 heterocycles. The lowest BCUT2D eigenvalue weighted by Crippen LogP contribution is -2.32. The lowest BCUT2D eigenvalue weighted by atomic mass is 9.96. The molecule has 0 radical (unpaired) electrons. The maximum Gasteiger partial charge on any atom is 0.306 e. The van der Waals surface area contributed by atoms with Crippen molar-refractivity contribution in [1.29, 1.82) is 0 Å². The minimum Gasteiger partial charge on any atom is -0.481 e. The monoisotopic (exact) mass is 287 g/mol. The summed E-state index contributed by atoms with van der Waals surface area (Å²) >= 11 is 6.98. The number of nitrogens with one attached hydrogen (secondary N) is 1. The van der Waals surface area contributed by atoms with E-state index in [1.165, 1.54) is 11.3 Å². The van der Waals surface area contributed by atoms with Gasteiger partial charge in [0.25, 0.3) is 5.91 Å². The molecule has 1 amide bonds. The molecule has 98 valence electrons. The smallest absolute Gasteiger partial charge is 0.306 e. The highest BCUT2D eigenvalue weighted by Gasteiger charge is 2.32. The number of carboxylic acid groups (broad SMARTS) is 1. The van der Waals surface area contributed by atoms with Crippen molar-refractivity contribution >= 4 is 34.8 Å². The van der Waals surface area contributed by atoms with Crippen molar-refractivity contribution in [3.05, 3.63) is 21.3 Å². The number of amides is 1. The number of thiophene rings is 1. The van der Waals surface area contributed by atoms with Gasteiger partial charge < -0.3 is 10.4 Å². The topological polar surface area (TPSA) is 66.4 Å². The van der Waals surface area contributed by atoms with Crippen molar-refractivity contribution in [2.45, 2.75) is 19.3 Å². The maximum atomic E-state index is 11.8. The van der Waals surface area contributed by atoms with Gasteiger partial charge in [-0.15, -0.1) is 11.3 Å². The second-order valence-electron chi connectivity index (χ2n) is 4.45. The van der Waals surface area contributed by atoms with Crippen LogP contribution in [0.25, 0.3) is 0 Å². The molecule has 18 heavy (non-hydrogen) atoms. The van der Waals surface area contributed by atoms with Crippen LogP contribution in [0.15, 0.2) is 12.1 Å². The summed E-state index contributed by atoms with van der Waals surface area (Å²) in [6.45, 7) is 0.422. The summed E-state index contributed by atoms with van der Waals surface area (Å²) < 4.78 is 0.574. The summed E-state index contributed by atoms with van der Waals surface area (Å²) in [5, 5.41) is 11.8. The van der Waals surface area contributed by atoms with E-state index in [0.29, 0.717) is 22.2 Å². The predicted octanol–water partition coefficient (Wildman–Crippen LogP) is 2.63. The first-order valence-electron chi connectivity index (χ1n) is 5.84. The molecule has 0 aliphatic heterocycles. The van der Waals surface area contributed by atoms with E-state index in [0.717, 1.165) is 12.8 Å². The molecule has 0 spiro atoms. The van der Waals surface area contributed by atoms with Crippen molar-refractivity contribution in [2.75, 3.05) is 6.54 Å². The van der Waals surface area contributed by atoms with Crippen LogP contribution in [-0.4, -0.2) is 23.5 Å². The number of halogens is 1. The van der Waals surface area contributed by atoms with Gasteiger partial charge in [-0.3, -0.25) is 9.59 Å². The van der Waals surface area contributed by atoms with E-state index in [1.807, 2.05) is 0 Å². The van der Waals surface area contributed by atoms with Crippen LogP contribution in [0.5, 0.6) is 0 Å². The Morgan fingerprint density at radius 3 is 2.83 bits per heavy atom. The standard InChI is InChI=1S/C12H14ClNO3S/c13-10-5-4-9(18-10)11(15)14-6-7-2-1-3-8(7)12(16)17/h4-5,7-8H,1-3,6H2,(H,14,15)(H,16,17). The molecule has 1 aliphatic carbocycles. The highest BCUT2D eigenvalue weighted by molar-refractivity contribution is 7.17. The van der Waals surface area contributed by atoms with Crippen molar-refractivity contribution in [2.24, 2.45) is 11.8 Å². The van der Waals surface area contributed by atoms with E-state index in [1.54, 1.807) is 12.1 Å². The van der Waals surface area contributed by atoms with Gasteiger partial charge in [0.15, 0.2) is 0 Å². The van der Waals surface area contributed by atoms with E-state index in [2.05, 4.69) is 5.32 Å². The fourth-order valence-electron chi connectivity index (χ4n) is 2.35. The van der Waals surface area contributed by atoms with Crippen LogP contribution in [0, 0.1) is 11.8 Å². The third-order valence-electron chi connectivity index (χ3n) is 3.30. The molecule has 2 rings (SSSR count). The summed E-state index contributed by atoms with van der Waals surface area (Å²) in [6, 6.07) is 3.35. The number of carboxylic acids is 1. The molecule has 2 N–H and O–H groups in total. The Balaban J connectivity index is 1.88. The van der Waals surface area contributed by atoms with Gasteiger partial charge in [0.1, 0.15) is 0 Å². The second kappa shape index (κ2) is 5.71. The lowest BCUT2D eigenvalue weighted by molar-refractivity contribution is -0.142. The Bertz CT molecular complexity index is 460. The van der Waals surface area contributed by atoms with E-state index in [4.69, 9.17) is 16.7 Å². The fourth-order valence-corrected chi connectivity index (χ4v) is 3.31. The Morgan fingerprint density at radius 1 is 1.44 bits per heavy atom. The fraction of sp³-hybridized carbons (Fsp3) is 0.500. The van der Waals surface area contributed by atoms with Crippen LogP contribution >= 0.6 is 22.9 Å². The van der Waals surface area contributed by atoms with Gasteiger partial charge in [-0.05, 0) is 30.9 Å². The van der Waals surface area contributed by atoms with Gasteiger partial charge in [0.05, 0.1) is 15.1 Å². The van der Waals surface area contributed by atoms with Crippen molar-refractivity contribution < 1.29 is 14.7 Å². The molecule has 1 aromatic heterocycles. The van der Waals surface area contributed by atoms with Gasteiger partial charge in [0.2, 0.25) is 0 Å². The van der Waals surface area contributed by atoms with Gasteiger partial charge >= 0.3 is 5.97 Å². The SMILES string of the molecule is O=C(NCC1CCCC1C(=O)O)c1ccc(Cl)s1. The summed E-state index contributed by atoms with van der Waals surface area (Å²) in [5.74, 6) is -1.21. The van der Waals surface area contributed by atoms with E-state index >= 15 is 0 Å². The van der Waals surface area contributed by atoms with Crippen LogP contribution in [0.4, 0.5) is 0 Å². The number of carbonyl (C=O) groups is 2. The van der Waals surface area contributed by atoms with Crippen LogP contribution in [0.1, 0.15) is 28.9 Å². The second-order valence-corrected chi connectivity index (χ2v) is 6.16. The molecule has 1 saturated carbocycles. The number of aliphatic carboxylic acids is 1. The van der Waals surface area contributed by atoms with Crippen LogP contribution < -0.4 is 5.32 Å². The molecule has 6 heteroatoms. The molecule has 1 aromatic rings. The lowest BCUT2D eigenvalue weighted by Gasteiger charge is -2.15. The zero-order valence-electron chi connectivity index (χ0n) is 9.69. The normalized spacial score (nSPS) is 22.9. The molecule has 0 bridgehead atoms. The van der Waals surface area contributed by atoms with Crippen molar-refractivity contribution in [3.8, 4) is 0 Å². The van der Waals surface area contributed by atoms with E-state index < -0.39 is 5.97 Å². The molecule has 2 unspecified atom stereocenters. The van der Waals surface area contributed by atoms with Gasteiger partial charge in [-0.1, -0.05) is 18.0 Å². The van der Waals surface area contributed by atoms with Crippen LogP contribution in [-0.2, 0) is 4.79 Å². The summed E-state index contributed by atoms with van der Waals surface area (Å²) in [5.41, 5.74) is 0. The average Bonchev–Trinajstić information content (AvgIpc) is 2.94. The Kier molecular flexibility index (Phi) is 4.24. The van der Waals surface area contributed by atoms with Gasteiger partial charge in [-0.25, -0.2) is 0 Å². The Hall–Kier alpha value is -1.07. The summed E-state index contributed by atoms with van der Waals surface area (Å²) in [6.07, 6.45) is 2.49. The number of carbonyl (C=O) groups excluding carboxylic acids is 1. The minimum absolute atomic E-state index is 0.0434. The Morgan fingerprint density at radius 2 is 2.22 bits per heavy atom.